The van der Waals surface area contributed by atoms with Crippen molar-refractivity contribution in [1.82, 2.24) is 15.3 Å². The number of hydrogen-bond acceptors (Lipinski definition) is 4. The summed E-state index contributed by atoms with van der Waals surface area (Å²) in [6, 6.07) is 20.3. The number of fused-ring (bicyclic) bond motifs is 1. The Morgan fingerprint density at radius 2 is 1.93 bits per heavy atom. The van der Waals surface area contributed by atoms with Gasteiger partial charge in [0.1, 0.15) is 12.4 Å². The SMILES string of the molecule is CC(Cc1c[nH]c2c(OCc3ccccc3)cccc12)NCC(O)c1cccnc1. The van der Waals surface area contributed by atoms with E-state index >= 15 is 0 Å². The van der Waals surface area contributed by atoms with Crippen LogP contribution in [0.15, 0.2) is 79.3 Å². The Kier molecular flexibility index (Phi) is 6.42. The molecule has 0 spiro atoms. The van der Waals surface area contributed by atoms with Crippen molar-refractivity contribution in [1.29, 1.82) is 0 Å². The summed E-state index contributed by atoms with van der Waals surface area (Å²) in [6.07, 6.45) is 5.74. The molecule has 0 radical (unpaired) electrons. The molecule has 4 aromatic rings. The summed E-state index contributed by atoms with van der Waals surface area (Å²) >= 11 is 0. The van der Waals surface area contributed by atoms with Gasteiger partial charge in [-0.2, -0.15) is 0 Å². The summed E-state index contributed by atoms with van der Waals surface area (Å²) in [5.74, 6) is 0.857. The molecule has 3 N–H and O–H groups in total. The van der Waals surface area contributed by atoms with Gasteiger partial charge in [0.2, 0.25) is 0 Å². The van der Waals surface area contributed by atoms with Gasteiger partial charge < -0.3 is 20.1 Å². The fourth-order valence-electron chi connectivity index (χ4n) is 3.61. The van der Waals surface area contributed by atoms with Crippen LogP contribution in [0.25, 0.3) is 10.9 Å². The predicted molar refractivity (Wildman–Crippen MR) is 119 cm³/mol. The van der Waals surface area contributed by atoms with Crippen LogP contribution in [0.2, 0.25) is 0 Å². The first-order valence-electron chi connectivity index (χ1n) is 10.3. The van der Waals surface area contributed by atoms with E-state index in [9.17, 15) is 5.11 Å². The van der Waals surface area contributed by atoms with Crippen molar-refractivity contribution in [3.05, 3.63) is 95.9 Å². The van der Waals surface area contributed by atoms with E-state index in [-0.39, 0.29) is 6.04 Å². The Hall–Kier alpha value is -3.15. The number of hydrogen-bond donors (Lipinski definition) is 3. The number of aromatic amines is 1. The molecule has 4 rings (SSSR count). The Bertz CT molecular complexity index is 1060. The maximum Gasteiger partial charge on any atom is 0.143 e. The van der Waals surface area contributed by atoms with E-state index in [1.54, 1.807) is 12.4 Å². The average molecular weight is 402 g/mol. The Morgan fingerprint density at radius 3 is 2.73 bits per heavy atom. The van der Waals surface area contributed by atoms with Gasteiger partial charge in [-0.3, -0.25) is 4.98 Å². The first-order chi connectivity index (χ1) is 14.7. The number of nitrogens with one attached hydrogen (secondary N) is 2. The van der Waals surface area contributed by atoms with Crippen molar-refractivity contribution in [3.63, 3.8) is 0 Å². The molecule has 2 aromatic carbocycles. The second-order valence-corrected chi connectivity index (χ2v) is 7.58. The van der Waals surface area contributed by atoms with Crippen LogP contribution >= 0.6 is 0 Å². The van der Waals surface area contributed by atoms with Crippen molar-refractivity contribution in [2.24, 2.45) is 0 Å². The van der Waals surface area contributed by atoms with Crippen molar-refractivity contribution < 1.29 is 9.84 Å². The minimum Gasteiger partial charge on any atom is -0.487 e. The predicted octanol–water partition coefficient (Wildman–Crippen LogP) is 4.40. The zero-order valence-electron chi connectivity index (χ0n) is 17.1. The number of rotatable bonds is 9. The van der Waals surface area contributed by atoms with Crippen molar-refractivity contribution in [2.45, 2.75) is 32.1 Å². The molecule has 30 heavy (non-hydrogen) atoms. The first-order valence-corrected chi connectivity index (χ1v) is 10.3. The maximum atomic E-state index is 10.3. The molecule has 2 heterocycles. The highest BCUT2D eigenvalue weighted by Crippen LogP contribution is 2.28. The number of ether oxygens (including phenoxy) is 1. The van der Waals surface area contributed by atoms with Crippen molar-refractivity contribution >= 4 is 10.9 Å². The van der Waals surface area contributed by atoms with Crippen LogP contribution in [-0.4, -0.2) is 27.7 Å². The molecule has 0 saturated carbocycles. The molecule has 5 nitrogen and oxygen atoms in total. The smallest absolute Gasteiger partial charge is 0.143 e. The zero-order valence-corrected chi connectivity index (χ0v) is 17.1. The molecular formula is C25H27N3O2. The van der Waals surface area contributed by atoms with E-state index in [2.05, 4.69) is 46.6 Å². The first kappa shape index (κ1) is 20.1. The minimum absolute atomic E-state index is 0.212. The van der Waals surface area contributed by atoms with Crippen LogP contribution < -0.4 is 10.1 Å². The Labute approximate surface area is 176 Å². The molecule has 0 saturated heterocycles. The van der Waals surface area contributed by atoms with Crippen LogP contribution in [0.3, 0.4) is 0 Å². The third-order valence-electron chi connectivity index (χ3n) is 5.26. The lowest BCUT2D eigenvalue weighted by Crippen LogP contribution is -2.32. The summed E-state index contributed by atoms with van der Waals surface area (Å²) in [5, 5.41) is 14.9. The molecule has 2 atom stereocenters. The van der Waals surface area contributed by atoms with Crippen molar-refractivity contribution in [3.8, 4) is 5.75 Å². The number of para-hydroxylation sites is 1. The molecule has 154 valence electrons. The quantitative estimate of drug-likeness (QED) is 0.389. The average Bonchev–Trinajstić information content (AvgIpc) is 3.20. The Balaban J connectivity index is 1.38. The molecule has 0 aliphatic heterocycles. The van der Waals surface area contributed by atoms with Crippen molar-refractivity contribution in [2.75, 3.05) is 6.54 Å². The van der Waals surface area contributed by atoms with E-state index in [0.29, 0.717) is 13.2 Å². The molecule has 2 aromatic heterocycles. The normalized spacial score (nSPS) is 13.3. The van der Waals surface area contributed by atoms with Crippen LogP contribution in [0.1, 0.15) is 29.7 Å². The summed E-state index contributed by atoms with van der Waals surface area (Å²) in [7, 11) is 0. The van der Waals surface area contributed by atoms with Crippen LogP contribution in [0.5, 0.6) is 5.75 Å². The second-order valence-electron chi connectivity index (χ2n) is 7.58. The molecule has 5 heteroatoms. The van der Waals surface area contributed by atoms with Gasteiger partial charge in [0.05, 0.1) is 11.6 Å². The number of aliphatic hydroxyl groups excluding tert-OH is 1. The van der Waals surface area contributed by atoms with Crippen LogP contribution in [0, 0.1) is 0 Å². The van der Waals surface area contributed by atoms with Gasteiger partial charge in [-0.1, -0.05) is 48.5 Å². The van der Waals surface area contributed by atoms with E-state index in [1.165, 1.54) is 10.9 Å². The van der Waals surface area contributed by atoms with Gasteiger partial charge in [0, 0.05) is 42.1 Å². The summed E-state index contributed by atoms with van der Waals surface area (Å²) < 4.78 is 6.07. The van der Waals surface area contributed by atoms with E-state index in [4.69, 9.17) is 4.74 Å². The van der Waals surface area contributed by atoms with Gasteiger partial charge >= 0.3 is 0 Å². The lowest BCUT2D eigenvalue weighted by molar-refractivity contribution is 0.170. The fourth-order valence-corrected chi connectivity index (χ4v) is 3.61. The fraction of sp³-hybridized carbons (Fsp3) is 0.240. The molecule has 0 bridgehead atoms. The van der Waals surface area contributed by atoms with Crippen LogP contribution in [0.4, 0.5) is 0 Å². The number of aromatic nitrogens is 2. The highest BCUT2D eigenvalue weighted by atomic mass is 16.5. The third-order valence-corrected chi connectivity index (χ3v) is 5.26. The highest BCUT2D eigenvalue weighted by molar-refractivity contribution is 5.88. The summed E-state index contributed by atoms with van der Waals surface area (Å²) in [6.45, 7) is 3.16. The van der Waals surface area contributed by atoms with E-state index in [0.717, 1.165) is 28.8 Å². The second kappa shape index (κ2) is 9.57. The maximum absolute atomic E-state index is 10.3. The van der Waals surface area contributed by atoms with Gasteiger partial charge in [-0.15, -0.1) is 0 Å². The minimum atomic E-state index is -0.567. The van der Waals surface area contributed by atoms with Crippen LogP contribution in [-0.2, 0) is 13.0 Å². The molecule has 0 aliphatic carbocycles. The number of nitrogens with zero attached hydrogens (tertiary/aromatic N) is 1. The number of H-pyrrole nitrogens is 1. The number of pyridine rings is 1. The largest absolute Gasteiger partial charge is 0.487 e. The monoisotopic (exact) mass is 401 g/mol. The van der Waals surface area contributed by atoms with Gasteiger partial charge in [0.15, 0.2) is 0 Å². The number of aliphatic hydroxyl groups is 1. The van der Waals surface area contributed by atoms with E-state index in [1.807, 2.05) is 42.5 Å². The van der Waals surface area contributed by atoms with E-state index < -0.39 is 6.10 Å². The Morgan fingerprint density at radius 1 is 1.07 bits per heavy atom. The molecule has 2 unspecified atom stereocenters. The third kappa shape index (κ3) is 4.87. The molecule has 0 aliphatic rings. The van der Waals surface area contributed by atoms with Gasteiger partial charge in [-0.05, 0) is 36.6 Å². The van der Waals surface area contributed by atoms with Gasteiger partial charge in [-0.25, -0.2) is 0 Å². The summed E-state index contributed by atoms with van der Waals surface area (Å²) in [5.41, 5.74) is 4.22. The topological polar surface area (TPSA) is 70.2 Å². The molecular weight excluding hydrogens is 374 g/mol. The number of benzene rings is 2. The summed E-state index contributed by atoms with van der Waals surface area (Å²) in [4.78, 5) is 7.45. The zero-order chi connectivity index (χ0) is 20.8. The lowest BCUT2D eigenvalue weighted by Gasteiger charge is -2.17. The standard InChI is InChI=1S/C25H27N3O2/c1-18(27-16-23(29)20-9-6-12-26-14-20)13-21-15-28-25-22(21)10-5-11-24(25)30-17-19-7-3-2-4-8-19/h2-12,14-15,18,23,27-29H,13,16-17H2,1H3. The highest BCUT2D eigenvalue weighted by Gasteiger charge is 2.13. The lowest BCUT2D eigenvalue weighted by atomic mass is 10.1. The van der Waals surface area contributed by atoms with Gasteiger partial charge in [0.25, 0.3) is 0 Å². The molecule has 0 fully saturated rings. The molecule has 0 amide bonds.